The van der Waals surface area contributed by atoms with Crippen LogP contribution < -0.4 is 5.32 Å². The van der Waals surface area contributed by atoms with E-state index in [1.807, 2.05) is 34.6 Å². The molecule has 0 amide bonds. The van der Waals surface area contributed by atoms with Crippen molar-refractivity contribution in [1.82, 2.24) is 5.32 Å². The maximum Gasteiger partial charge on any atom is 0.195 e. The van der Waals surface area contributed by atoms with E-state index in [-0.39, 0.29) is 16.8 Å². The van der Waals surface area contributed by atoms with Crippen molar-refractivity contribution in [3.8, 4) is 0 Å². The second-order valence-electron chi connectivity index (χ2n) is 4.08. The molecule has 0 saturated heterocycles. The molecule has 0 fully saturated rings. The minimum Gasteiger partial charge on any atom is -0.364 e. The van der Waals surface area contributed by atoms with E-state index in [2.05, 4.69) is 5.32 Å². The fraction of sp³-hybridized carbons (Fsp3) is 0.909. The molecule has 90 valence electrons. The number of hydrogen-bond donors (Lipinski definition) is 1. The number of rotatable bonds is 7. The first kappa shape index (κ1) is 14.9. The predicted octanol–water partition coefficient (Wildman–Crippen LogP) is 2.26. The Morgan fingerprint density at radius 2 is 2.07 bits per heavy atom. The number of carbonyl (C=O) groups excluding carboxylic acids is 1. The van der Waals surface area contributed by atoms with Crippen LogP contribution in [0, 0.1) is 5.41 Å². The number of ether oxygens (including phenoxy) is 1. The summed E-state index contributed by atoms with van der Waals surface area (Å²) < 4.78 is 5.35. The van der Waals surface area contributed by atoms with Gasteiger partial charge >= 0.3 is 0 Å². The normalized spacial score (nSPS) is 13.9. The van der Waals surface area contributed by atoms with Gasteiger partial charge in [-0.05, 0) is 19.6 Å². The van der Waals surface area contributed by atoms with E-state index >= 15 is 0 Å². The molecule has 0 aromatic heterocycles. The summed E-state index contributed by atoms with van der Waals surface area (Å²) in [5.74, 6) is 0.837. The zero-order chi connectivity index (χ0) is 11.9. The average Bonchev–Trinajstić information content (AvgIpc) is 2.16. The second-order valence-corrected chi connectivity index (χ2v) is 5.32. The number of carbonyl (C=O) groups is 1. The van der Waals surface area contributed by atoms with Gasteiger partial charge in [0, 0.05) is 18.6 Å². The van der Waals surface area contributed by atoms with Gasteiger partial charge in [0.15, 0.2) is 5.12 Å². The molecule has 0 saturated carbocycles. The van der Waals surface area contributed by atoms with Crippen LogP contribution >= 0.6 is 11.8 Å². The summed E-state index contributed by atoms with van der Waals surface area (Å²) in [6, 6.07) is 0. The Morgan fingerprint density at radius 3 is 2.53 bits per heavy atom. The van der Waals surface area contributed by atoms with Crippen LogP contribution in [0.15, 0.2) is 0 Å². The molecular weight excluding hydrogens is 210 g/mol. The molecule has 0 radical (unpaired) electrons. The smallest absolute Gasteiger partial charge is 0.195 e. The van der Waals surface area contributed by atoms with E-state index in [1.54, 1.807) is 0 Å². The predicted molar refractivity (Wildman–Crippen MR) is 66.0 cm³/mol. The van der Waals surface area contributed by atoms with Crippen LogP contribution in [0.2, 0.25) is 0 Å². The monoisotopic (exact) mass is 233 g/mol. The highest BCUT2D eigenvalue weighted by Gasteiger charge is 2.27. The third-order valence-corrected chi connectivity index (χ3v) is 3.18. The summed E-state index contributed by atoms with van der Waals surface area (Å²) in [5.41, 5.74) is -0.327. The van der Waals surface area contributed by atoms with Gasteiger partial charge in [-0.2, -0.15) is 0 Å². The SMILES string of the molecule is CCOC(C)NCC(C)(C)C(=O)SCC. The molecule has 0 aliphatic heterocycles. The molecule has 1 unspecified atom stereocenters. The number of thioether (sulfide) groups is 1. The average molecular weight is 233 g/mol. The molecule has 0 bridgehead atoms. The summed E-state index contributed by atoms with van der Waals surface area (Å²) in [6.45, 7) is 11.2. The largest absolute Gasteiger partial charge is 0.364 e. The third kappa shape index (κ3) is 6.17. The lowest BCUT2D eigenvalue weighted by atomic mass is 9.95. The molecule has 0 spiro atoms. The van der Waals surface area contributed by atoms with Crippen LogP contribution in [0.1, 0.15) is 34.6 Å². The molecule has 0 heterocycles. The maximum absolute atomic E-state index is 11.7. The molecule has 0 aromatic carbocycles. The zero-order valence-electron chi connectivity index (χ0n) is 10.4. The topological polar surface area (TPSA) is 38.3 Å². The first-order chi connectivity index (χ1) is 6.94. The Kier molecular flexibility index (Phi) is 7.22. The van der Waals surface area contributed by atoms with Gasteiger partial charge in [0.2, 0.25) is 0 Å². The number of hydrogen-bond acceptors (Lipinski definition) is 4. The van der Waals surface area contributed by atoms with Gasteiger partial charge in [-0.3, -0.25) is 10.1 Å². The molecule has 1 N–H and O–H groups in total. The molecule has 0 aliphatic rings. The lowest BCUT2D eigenvalue weighted by Crippen LogP contribution is -2.40. The lowest BCUT2D eigenvalue weighted by Gasteiger charge is -2.25. The Morgan fingerprint density at radius 1 is 1.47 bits per heavy atom. The first-order valence-corrected chi connectivity index (χ1v) is 6.44. The van der Waals surface area contributed by atoms with E-state index in [0.29, 0.717) is 13.2 Å². The van der Waals surface area contributed by atoms with Crippen LogP contribution in [0.4, 0.5) is 0 Å². The van der Waals surface area contributed by atoms with E-state index in [0.717, 1.165) is 5.75 Å². The molecule has 0 aliphatic carbocycles. The molecule has 1 atom stereocenters. The van der Waals surface area contributed by atoms with Gasteiger partial charge in [-0.1, -0.05) is 32.5 Å². The lowest BCUT2D eigenvalue weighted by molar-refractivity contribution is -0.118. The van der Waals surface area contributed by atoms with Gasteiger partial charge in [0.25, 0.3) is 0 Å². The second kappa shape index (κ2) is 7.25. The van der Waals surface area contributed by atoms with Crippen molar-refractivity contribution >= 4 is 16.9 Å². The Balaban J connectivity index is 3.97. The van der Waals surface area contributed by atoms with E-state index < -0.39 is 0 Å². The van der Waals surface area contributed by atoms with Crippen molar-refractivity contribution in [2.75, 3.05) is 18.9 Å². The third-order valence-electron chi connectivity index (χ3n) is 2.08. The fourth-order valence-electron chi connectivity index (χ4n) is 1.11. The Labute approximate surface area is 97.3 Å². The van der Waals surface area contributed by atoms with Crippen molar-refractivity contribution in [2.45, 2.75) is 40.8 Å². The summed E-state index contributed by atoms with van der Waals surface area (Å²) >= 11 is 1.38. The van der Waals surface area contributed by atoms with E-state index in [9.17, 15) is 4.79 Å². The first-order valence-electron chi connectivity index (χ1n) is 5.46. The Hall–Kier alpha value is -0.0600. The van der Waals surface area contributed by atoms with E-state index in [1.165, 1.54) is 11.8 Å². The van der Waals surface area contributed by atoms with Gasteiger partial charge < -0.3 is 4.74 Å². The molecular formula is C11H23NO2S. The quantitative estimate of drug-likeness (QED) is 0.685. The van der Waals surface area contributed by atoms with Crippen molar-refractivity contribution in [1.29, 1.82) is 0 Å². The van der Waals surface area contributed by atoms with Crippen molar-refractivity contribution in [2.24, 2.45) is 5.41 Å². The minimum atomic E-state index is -0.327. The van der Waals surface area contributed by atoms with Crippen molar-refractivity contribution in [3.05, 3.63) is 0 Å². The highest BCUT2D eigenvalue weighted by Crippen LogP contribution is 2.22. The van der Waals surface area contributed by atoms with Crippen LogP contribution in [0.5, 0.6) is 0 Å². The molecule has 0 rings (SSSR count). The summed E-state index contributed by atoms with van der Waals surface area (Å²) in [6.07, 6.45) is 0.00806. The summed E-state index contributed by atoms with van der Waals surface area (Å²) in [5, 5.41) is 3.44. The Bertz CT molecular complexity index is 195. The molecule has 4 heteroatoms. The highest BCUT2D eigenvalue weighted by molar-refractivity contribution is 8.13. The number of nitrogens with one attached hydrogen (secondary N) is 1. The van der Waals surface area contributed by atoms with Crippen LogP contribution in [-0.4, -0.2) is 30.2 Å². The zero-order valence-corrected chi connectivity index (χ0v) is 11.2. The van der Waals surface area contributed by atoms with Crippen molar-refractivity contribution in [3.63, 3.8) is 0 Å². The molecule has 0 aromatic rings. The highest BCUT2D eigenvalue weighted by atomic mass is 32.2. The summed E-state index contributed by atoms with van der Waals surface area (Å²) in [7, 11) is 0. The molecule has 15 heavy (non-hydrogen) atoms. The summed E-state index contributed by atoms with van der Waals surface area (Å²) in [4.78, 5) is 11.7. The van der Waals surface area contributed by atoms with Gasteiger partial charge in [-0.15, -0.1) is 0 Å². The molecule has 3 nitrogen and oxygen atoms in total. The maximum atomic E-state index is 11.7. The van der Waals surface area contributed by atoms with Gasteiger partial charge in [0.1, 0.15) is 6.23 Å². The standard InChI is InChI=1S/C11H23NO2S/c1-6-14-9(3)12-8-11(4,5)10(13)15-7-2/h9,12H,6-8H2,1-5H3. The van der Waals surface area contributed by atoms with Gasteiger partial charge in [0.05, 0.1) is 0 Å². The van der Waals surface area contributed by atoms with Crippen LogP contribution in [-0.2, 0) is 9.53 Å². The van der Waals surface area contributed by atoms with Crippen LogP contribution in [0.25, 0.3) is 0 Å². The van der Waals surface area contributed by atoms with E-state index in [4.69, 9.17) is 4.74 Å². The van der Waals surface area contributed by atoms with Gasteiger partial charge in [-0.25, -0.2) is 0 Å². The fourth-order valence-corrected chi connectivity index (χ4v) is 1.83. The van der Waals surface area contributed by atoms with Crippen LogP contribution in [0.3, 0.4) is 0 Å². The minimum absolute atomic E-state index is 0.00806. The van der Waals surface area contributed by atoms with Crippen molar-refractivity contribution < 1.29 is 9.53 Å².